The molecule has 1 aromatic carbocycles. The van der Waals surface area contributed by atoms with Gasteiger partial charge in [-0.05, 0) is 18.2 Å². The van der Waals surface area contributed by atoms with E-state index in [9.17, 15) is 4.79 Å². The number of piperazine rings is 1. The van der Waals surface area contributed by atoms with Crippen molar-refractivity contribution in [3.05, 3.63) is 23.8 Å². The summed E-state index contributed by atoms with van der Waals surface area (Å²) in [5, 5.41) is 6.24. The molecule has 1 saturated heterocycles. The molecule has 21 heavy (non-hydrogen) atoms. The molecule has 0 unspecified atom stereocenters. The maximum atomic E-state index is 12.3. The van der Waals surface area contributed by atoms with Crippen LogP contribution in [0.3, 0.4) is 0 Å². The molecule has 0 spiro atoms. The second-order valence-electron chi connectivity index (χ2n) is 4.91. The van der Waals surface area contributed by atoms with Crippen LogP contribution in [-0.4, -0.2) is 64.3 Å². The summed E-state index contributed by atoms with van der Waals surface area (Å²) in [5.41, 5.74) is 0.497. The first-order chi connectivity index (χ1) is 10.2. The minimum Gasteiger partial charge on any atom is -0.497 e. The van der Waals surface area contributed by atoms with Gasteiger partial charge in [-0.15, -0.1) is 0 Å². The largest absolute Gasteiger partial charge is 0.497 e. The van der Waals surface area contributed by atoms with Gasteiger partial charge in [0.2, 0.25) is 0 Å². The van der Waals surface area contributed by atoms with Gasteiger partial charge in [-0.1, -0.05) is 0 Å². The molecule has 116 valence electrons. The van der Waals surface area contributed by atoms with Gasteiger partial charge in [-0.2, -0.15) is 0 Å². The number of methoxy groups -OCH3 is 2. The first kappa shape index (κ1) is 15.6. The molecular weight excluding hydrogens is 270 g/mol. The summed E-state index contributed by atoms with van der Waals surface area (Å²) in [7, 11) is 3.13. The van der Waals surface area contributed by atoms with Crippen LogP contribution in [0.4, 0.5) is 0 Å². The molecule has 0 aliphatic carbocycles. The molecular formula is C15H23N3O3. The van der Waals surface area contributed by atoms with Crippen molar-refractivity contribution >= 4 is 5.91 Å². The minimum atomic E-state index is -0.138. The Labute approximate surface area is 125 Å². The highest BCUT2D eigenvalue weighted by Gasteiger charge is 2.14. The predicted octanol–water partition coefficient (Wildman–Crippen LogP) is 0.339. The topological polar surface area (TPSA) is 62.8 Å². The van der Waals surface area contributed by atoms with Crippen LogP contribution in [0.2, 0.25) is 0 Å². The van der Waals surface area contributed by atoms with Gasteiger partial charge in [0, 0.05) is 39.3 Å². The summed E-state index contributed by atoms with van der Waals surface area (Å²) in [6.45, 7) is 5.56. The summed E-state index contributed by atoms with van der Waals surface area (Å²) < 4.78 is 10.4. The van der Waals surface area contributed by atoms with Crippen LogP contribution in [0.1, 0.15) is 10.4 Å². The number of nitrogens with zero attached hydrogens (tertiary/aromatic N) is 1. The number of carbonyl (C=O) groups is 1. The molecule has 6 nitrogen and oxygen atoms in total. The zero-order valence-electron chi connectivity index (χ0n) is 12.6. The molecule has 1 aliphatic heterocycles. The van der Waals surface area contributed by atoms with Crippen LogP contribution in [0.25, 0.3) is 0 Å². The van der Waals surface area contributed by atoms with E-state index in [4.69, 9.17) is 9.47 Å². The standard InChI is InChI=1S/C15H23N3O3/c1-20-12-3-4-14(21-2)13(11-12)15(19)17-7-10-18-8-5-16-6-9-18/h3-4,11,16H,5-10H2,1-2H3,(H,17,19). The lowest BCUT2D eigenvalue weighted by atomic mass is 10.1. The van der Waals surface area contributed by atoms with Gasteiger partial charge < -0.3 is 20.1 Å². The molecule has 1 aromatic rings. The molecule has 2 N–H and O–H groups in total. The van der Waals surface area contributed by atoms with E-state index in [-0.39, 0.29) is 5.91 Å². The third kappa shape index (κ3) is 4.34. The fourth-order valence-corrected chi connectivity index (χ4v) is 2.35. The first-order valence-electron chi connectivity index (χ1n) is 7.18. The third-order valence-electron chi connectivity index (χ3n) is 3.57. The highest BCUT2D eigenvalue weighted by atomic mass is 16.5. The average molecular weight is 293 g/mol. The average Bonchev–Trinajstić information content (AvgIpc) is 2.55. The van der Waals surface area contributed by atoms with Crippen molar-refractivity contribution < 1.29 is 14.3 Å². The Morgan fingerprint density at radius 2 is 2.05 bits per heavy atom. The zero-order valence-corrected chi connectivity index (χ0v) is 12.6. The van der Waals surface area contributed by atoms with Crippen molar-refractivity contribution in [1.82, 2.24) is 15.5 Å². The fraction of sp³-hybridized carbons (Fsp3) is 0.533. The summed E-state index contributed by atoms with van der Waals surface area (Å²) in [6.07, 6.45) is 0. The van der Waals surface area contributed by atoms with Crippen LogP contribution in [0.15, 0.2) is 18.2 Å². The van der Waals surface area contributed by atoms with Crippen molar-refractivity contribution in [1.29, 1.82) is 0 Å². The fourth-order valence-electron chi connectivity index (χ4n) is 2.35. The number of rotatable bonds is 6. The Bertz CT molecular complexity index is 473. The van der Waals surface area contributed by atoms with Gasteiger partial charge in [0.15, 0.2) is 0 Å². The van der Waals surface area contributed by atoms with Gasteiger partial charge in [0.05, 0.1) is 19.8 Å². The Hall–Kier alpha value is -1.79. The summed E-state index contributed by atoms with van der Waals surface area (Å²) in [5.74, 6) is 1.06. The Morgan fingerprint density at radius 1 is 1.29 bits per heavy atom. The summed E-state index contributed by atoms with van der Waals surface area (Å²) in [6, 6.07) is 5.21. The second-order valence-corrected chi connectivity index (χ2v) is 4.91. The Kier molecular flexibility index (Phi) is 5.83. The number of carbonyl (C=O) groups excluding carboxylic acids is 1. The SMILES string of the molecule is COc1ccc(OC)c(C(=O)NCCN2CCNCC2)c1. The molecule has 2 rings (SSSR count). The van der Waals surface area contributed by atoms with Gasteiger partial charge in [-0.25, -0.2) is 0 Å². The summed E-state index contributed by atoms with van der Waals surface area (Å²) >= 11 is 0. The van der Waals surface area contributed by atoms with Gasteiger partial charge >= 0.3 is 0 Å². The number of benzene rings is 1. The summed E-state index contributed by atoms with van der Waals surface area (Å²) in [4.78, 5) is 14.6. The van der Waals surface area contributed by atoms with E-state index >= 15 is 0 Å². The predicted molar refractivity (Wildman–Crippen MR) is 81.2 cm³/mol. The third-order valence-corrected chi connectivity index (χ3v) is 3.57. The number of hydrogen-bond acceptors (Lipinski definition) is 5. The van der Waals surface area contributed by atoms with Crippen molar-refractivity contribution in [2.75, 3.05) is 53.5 Å². The van der Waals surface area contributed by atoms with Crippen LogP contribution >= 0.6 is 0 Å². The quantitative estimate of drug-likeness (QED) is 0.792. The minimum absolute atomic E-state index is 0.138. The molecule has 1 heterocycles. The number of ether oxygens (including phenoxy) is 2. The second kappa shape index (κ2) is 7.85. The highest BCUT2D eigenvalue weighted by Crippen LogP contribution is 2.23. The molecule has 0 radical (unpaired) electrons. The van der Waals surface area contributed by atoms with Crippen molar-refractivity contribution in [2.24, 2.45) is 0 Å². The molecule has 6 heteroatoms. The molecule has 1 amide bonds. The number of nitrogens with one attached hydrogen (secondary N) is 2. The number of hydrogen-bond donors (Lipinski definition) is 2. The smallest absolute Gasteiger partial charge is 0.255 e. The maximum absolute atomic E-state index is 12.3. The van der Waals surface area contributed by atoms with E-state index < -0.39 is 0 Å². The Balaban J connectivity index is 1.89. The lowest BCUT2D eigenvalue weighted by molar-refractivity contribution is 0.0944. The monoisotopic (exact) mass is 293 g/mol. The van der Waals surface area contributed by atoms with E-state index in [0.717, 1.165) is 32.7 Å². The number of amides is 1. The van der Waals surface area contributed by atoms with Crippen LogP contribution in [-0.2, 0) is 0 Å². The maximum Gasteiger partial charge on any atom is 0.255 e. The first-order valence-corrected chi connectivity index (χ1v) is 7.18. The molecule has 0 atom stereocenters. The molecule has 1 fully saturated rings. The van der Waals surface area contributed by atoms with E-state index in [1.54, 1.807) is 32.4 Å². The van der Waals surface area contributed by atoms with Crippen LogP contribution in [0, 0.1) is 0 Å². The lowest BCUT2D eigenvalue weighted by Gasteiger charge is -2.27. The van der Waals surface area contributed by atoms with Crippen molar-refractivity contribution in [2.45, 2.75) is 0 Å². The van der Waals surface area contributed by atoms with E-state index in [2.05, 4.69) is 15.5 Å². The van der Waals surface area contributed by atoms with Crippen molar-refractivity contribution in [3.63, 3.8) is 0 Å². The van der Waals surface area contributed by atoms with E-state index in [1.807, 2.05) is 0 Å². The molecule has 0 aromatic heterocycles. The van der Waals surface area contributed by atoms with Gasteiger partial charge in [-0.3, -0.25) is 9.69 Å². The molecule has 0 saturated carbocycles. The van der Waals surface area contributed by atoms with Gasteiger partial charge in [0.25, 0.3) is 5.91 Å². The molecule has 1 aliphatic rings. The normalized spacial score (nSPS) is 15.5. The van der Waals surface area contributed by atoms with Gasteiger partial charge in [0.1, 0.15) is 11.5 Å². The van der Waals surface area contributed by atoms with E-state index in [0.29, 0.717) is 23.6 Å². The lowest BCUT2D eigenvalue weighted by Crippen LogP contribution is -2.46. The van der Waals surface area contributed by atoms with Crippen molar-refractivity contribution in [3.8, 4) is 11.5 Å². The zero-order chi connectivity index (χ0) is 15.1. The Morgan fingerprint density at radius 3 is 2.71 bits per heavy atom. The van der Waals surface area contributed by atoms with E-state index in [1.165, 1.54) is 0 Å². The molecule has 0 bridgehead atoms. The highest BCUT2D eigenvalue weighted by molar-refractivity contribution is 5.97. The van der Waals surface area contributed by atoms with Crippen LogP contribution in [0.5, 0.6) is 11.5 Å². The van der Waals surface area contributed by atoms with Crippen LogP contribution < -0.4 is 20.1 Å².